The zero-order valence-corrected chi connectivity index (χ0v) is 17.8. The molecule has 3 aromatic rings. The molecule has 1 heterocycles. The number of nitrogens with zero attached hydrogens (tertiary/aromatic N) is 3. The fourth-order valence-corrected chi connectivity index (χ4v) is 4.50. The van der Waals surface area contributed by atoms with Crippen molar-refractivity contribution < 1.29 is 12.8 Å². The van der Waals surface area contributed by atoms with Gasteiger partial charge in [-0.3, -0.25) is 14.9 Å². The van der Waals surface area contributed by atoms with Crippen LogP contribution in [0.25, 0.3) is 5.69 Å². The molecule has 0 aliphatic rings. The van der Waals surface area contributed by atoms with Crippen molar-refractivity contribution in [3.8, 4) is 5.69 Å². The van der Waals surface area contributed by atoms with Gasteiger partial charge in [-0.25, -0.2) is 17.5 Å². The third-order valence-corrected chi connectivity index (χ3v) is 6.79. The van der Waals surface area contributed by atoms with Crippen LogP contribution in [0.5, 0.6) is 0 Å². The molecule has 0 fully saturated rings. The number of hydrogen-bond acceptors (Lipinski definition) is 4. The van der Waals surface area contributed by atoms with E-state index in [0.29, 0.717) is 35.7 Å². The van der Waals surface area contributed by atoms with Crippen molar-refractivity contribution in [2.75, 3.05) is 13.1 Å². The average Bonchev–Trinajstić information content (AvgIpc) is 3.01. The first kappa shape index (κ1) is 21.7. The lowest BCUT2D eigenvalue weighted by atomic mass is 10.2. The number of aromatic nitrogens is 2. The number of rotatable bonds is 7. The zero-order chi connectivity index (χ0) is 21.9. The average molecular weight is 431 g/mol. The van der Waals surface area contributed by atoms with Crippen molar-refractivity contribution in [2.45, 2.75) is 25.7 Å². The second-order valence-corrected chi connectivity index (χ2v) is 8.55. The van der Waals surface area contributed by atoms with E-state index in [0.717, 1.165) is 0 Å². The minimum absolute atomic E-state index is 0.196. The van der Waals surface area contributed by atoms with Crippen molar-refractivity contribution in [1.82, 2.24) is 14.1 Å². The van der Waals surface area contributed by atoms with Crippen LogP contribution in [-0.2, 0) is 10.0 Å². The SMILES string of the molecule is CCN(CC)S(=O)(=O)c1ccc(N=Cc2c(C)[nH]n(-c3ccc(F)cc3)c2=O)cc1. The monoisotopic (exact) mass is 430 g/mol. The quantitative estimate of drug-likeness (QED) is 0.583. The minimum atomic E-state index is -3.53. The van der Waals surface area contributed by atoms with E-state index in [9.17, 15) is 17.6 Å². The van der Waals surface area contributed by atoms with Gasteiger partial charge >= 0.3 is 0 Å². The molecule has 0 spiro atoms. The van der Waals surface area contributed by atoms with Crippen molar-refractivity contribution >= 4 is 21.9 Å². The van der Waals surface area contributed by atoms with E-state index >= 15 is 0 Å². The van der Waals surface area contributed by atoms with Gasteiger partial charge in [-0.2, -0.15) is 4.31 Å². The highest BCUT2D eigenvalue weighted by Gasteiger charge is 2.21. The van der Waals surface area contributed by atoms with Gasteiger partial charge < -0.3 is 0 Å². The van der Waals surface area contributed by atoms with Crippen LogP contribution in [0.2, 0.25) is 0 Å². The van der Waals surface area contributed by atoms with E-state index in [1.807, 2.05) is 0 Å². The Balaban J connectivity index is 1.86. The molecule has 0 amide bonds. The smallest absolute Gasteiger partial charge is 0.280 e. The van der Waals surface area contributed by atoms with Crippen molar-refractivity contribution in [1.29, 1.82) is 0 Å². The first-order chi connectivity index (χ1) is 14.3. The summed E-state index contributed by atoms with van der Waals surface area (Å²) in [6, 6.07) is 11.7. The van der Waals surface area contributed by atoms with Gasteiger partial charge in [0.1, 0.15) is 5.82 Å². The van der Waals surface area contributed by atoms with E-state index in [-0.39, 0.29) is 16.3 Å². The van der Waals surface area contributed by atoms with E-state index < -0.39 is 10.0 Å². The van der Waals surface area contributed by atoms with Crippen LogP contribution >= 0.6 is 0 Å². The molecule has 0 bridgehead atoms. The molecular weight excluding hydrogens is 407 g/mol. The molecule has 2 aromatic carbocycles. The van der Waals surface area contributed by atoms with E-state index in [2.05, 4.69) is 10.1 Å². The number of sulfonamides is 1. The molecule has 1 aromatic heterocycles. The second kappa shape index (κ2) is 8.76. The highest BCUT2D eigenvalue weighted by Crippen LogP contribution is 2.20. The van der Waals surface area contributed by atoms with Crippen LogP contribution in [0.15, 0.2) is 63.2 Å². The van der Waals surface area contributed by atoms with Gasteiger partial charge in [-0.1, -0.05) is 13.8 Å². The molecule has 0 saturated carbocycles. The van der Waals surface area contributed by atoms with E-state index in [1.54, 1.807) is 32.9 Å². The molecule has 0 atom stereocenters. The number of aliphatic imine (C=N–C) groups is 1. The molecular formula is C21H23FN4O3S. The predicted octanol–water partition coefficient (Wildman–Crippen LogP) is 3.39. The normalized spacial score (nSPS) is 12.2. The first-order valence-electron chi connectivity index (χ1n) is 9.49. The highest BCUT2D eigenvalue weighted by atomic mass is 32.2. The number of H-pyrrole nitrogens is 1. The van der Waals surface area contributed by atoms with Crippen molar-refractivity contribution in [3.05, 3.63) is 76.0 Å². The Labute approximate surface area is 174 Å². The number of halogens is 1. The van der Waals surface area contributed by atoms with Gasteiger partial charge in [-0.05, 0) is 55.5 Å². The second-order valence-electron chi connectivity index (χ2n) is 6.61. The number of hydrogen-bond donors (Lipinski definition) is 1. The number of aryl methyl sites for hydroxylation is 1. The molecule has 0 aliphatic heterocycles. The summed E-state index contributed by atoms with van der Waals surface area (Å²) < 4.78 is 40.9. The Morgan fingerprint density at radius 2 is 1.67 bits per heavy atom. The minimum Gasteiger partial charge on any atom is -0.295 e. The summed E-state index contributed by atoms with van der Waals surface area (Å²) in [6.07, 6.45) is 1.43. The van der Waals surface area contributed by atoms with Crippen LogP contribution in [-0.4, -0.2) is 41.8 Å². The molecule has 0 saturated heterocycles. The molecule has 1 N–H and O–H groups in total. The number of nitrogens with one attached hydrogen (secondary N) is 1. The Hall–Kier alpha value is -3.04. The summed E-state index contributed by atoms with van der Waals surface area (Å²) in [4.78, 5) is 17.2. The maximum absolute atomic E-state index is 13.1. The number of benzene rings is 2. The summed E-state index contributed by atoms with van der Waals surface area (Å²) in [7, 11) is -3.53. The van der Waals surface area contributed by atoms with Gasteiger partial charge in [0.2, 0.25) is 10.0 Å². The lowest BCUT2D eigenvalue weighted by molar-refractivity contribution is 0.445. The Morgan fingerprint density at radius 3 is 2.23 bits per heavy atom. The molecule has 158 valence electrons. The predicted molar refractivity (Wildman–Crippen MR) is 115 cm³/mol. The van der Waals surface area contributed by atoms with Gasteiger partial charge in [0.05, 0.1) is 21.8 Å². The van der Waals surface area contributed by atoms with Crippen LogP contribution in [0.3, 0.4) is 0 Å². The molecule has 0 unspecified atom stereocenters. The largest absolute Gasteiger partial charge is 0.295 e. The Morgan fingerprint density at radius 1 is 1.07 bits per heavy atom. The zero-order valence-electron chi connectivity index (χ0n) is 17.0. The fourth-order valence-electron chi connectivity index (χ4n) is 3.04. The summed E-state index contributed by atoms with van der Waals surface area (Å²) in [5.74, 6) is -0.386. The Bertz CT molecular complexity index is 1210. The highest BCUT2D eigenvalue weighted by molar-refractivity contribution is 7.89. The van der Waals surface area contributed by atoms with Crippen LogP contribution in [0.4, 0.5) is 10.1 Å². The Kier molecular flexibility index (Phi) is 6.33. The fraction of sp³-hybridized carbons (Fsp3) is 0.238. The molecule has 3 rings (SSSR count). The number of aromatic amines is 1. The van der Waals surface area contributed by atoms with Crippen LogP contribution < -0.4 is 5.56 Å². The third kappa shape index (κ3) is 4.27. The molecule has 0 aliphatic carbocycles. The van der Waals surface area contributed by atoms with Crippen LogP contribution in [0, 0.1) is 12.7 Å². The molecule has 30 heavy (non-hydrogen) atoms. The summed E-state index contributed by atoms with van der Waals surface area (Å²) in [5, 5.41) is 2.94. The lowest BCUT2D eigenvalue weighted by Gasteiger charge is -2.18. The molecule has 0 radical (unpaired) electrons. The van der Waals surface area contributed by atoms with Gasteiger partial charge in [0, 0.05) is 25.0 Å². The topological polar surface area (TPSA) is 87.5 Å². The summed E-state index contributed by atoms with van der Waals surface area (Å²) >= 11 is 0. The lowest BCUT2D eigenvalue weighted by Crippen LogP contribution is -2.30. The first-order valence-corrected chi connectivity index (χ1v) is 10.9. The summed E-state index contributed by atoms with van der Waals surface area (Å²) in [5.41, 5.74) is 1.67. The van der Waals surface area contributed by atoms with Gasteiger partial charge in [0.25, 0.3) is 5.56 Å². The molecule has 9 heteroatoms. The maximum Gasteiger partial charge on any atom is 0.280 e. The molecule has 7 nitrogen and oxygen atoms in total. The standard InChI is InChI=1S/C21H23FN4O3S/c1-4-25(5-2)30(28,29)19-12-8-17(9-13-19)23-14-20-15(3)24-26(21(20)27)18-10-6-16(22)7-11-18/h6-14,24H,4-5H2,1-3H3. The van der Waals surface area contributed by atoms with Crippen molar-refractivity contribution in [3.63, 3.8) is 0 Å². The maximum atomic E-state index is 13.1. The van der Waals surface area contributed by atoms with Gasteiger partial charge in [-0.15, -0.1) is 0 Å². The van der Waals surface area contributed by atoms with Crippen molar-refractivity contribution in [2.24, 2.45) is 4.99 Å². The third-order valence-electron chi connectivity index (χ3n) is 4.72. The van der Waals surface area contributed by atoms with Crippen LogP contribution in [0.1, 0.15) is 25.1 Å². The van der Waals surface area contributed by atoms with E-state index in [4.69, 9.17) is 0 Å². The van der Waals surface area contributed by atoms with Gasteiger partial charge in [0.15, 0.2) is 0 Å². The summed E-state index contributed by atoms with van der Waals surface area (Å²) in [6.45, 7) is 6.11. The van der Waals surface area contributed by atoms with E-state index in [1.165, 1.54) is 51.6 Å².